The van der Waals surface area contributed by atoms with Crippen molar-refractivity contribution >= 4 is 23.4 Å². The fourth-order valence-corrected chi connectivity index (χ4v) is 5.63. The summed E-state index contributed by atoms with van der Waals surface area (Å²) in [6.45, 7) is 1.47. The van der Waals surface area contributed by atoms with Crippen LogP contribution < -0.4 is 10.2 Å². The average Bonchev–Trinajstić information content (AvgIpc) is 3.13. The molecule has 40 heavy (non-hydrogen) atoms. The number of likely N-dealkylation sites (tertiary alicyclic amines) is 1. The molecule has 0 spiro atoms. The summed E-state index contributed by atoms with van der Waals surface area (Å²) >= 11 is 0. The van der Waals surface area contributed by atoms with E-state index in [0.717, 1.165) is 6.07 Å². The highest BCUT2D eigenvalue weighted by Crippen LogP contribution is 2.50. The number of nitrogens with zero attached hydrogens (tertiary/aromatic N) is 3. The fraction of sp³-hybridized carbons (Fsp3) is 0.519. The summed E-state index contributed by atoms with van der Waals surface area (Å²) in [6, 6.07) is 4.09. The second-order valence-electron chi connectivity index (χ2n) is 10.3. The lowest BCUT2D eigenvalue weighted by Crippen LogP contribution is -2.54. The molecule has 0 radical (unpaired) electrons. The van der Waals surface area contributed by atoms with Gasteiger partial charge in [-0.05, 0) is 50.5 Å². The Balaban J connectivity index is 1.71. The first-order valence-electron chi connectivity index (χ1n) is 13.0. The lowest BCUT2D eigenvalue weighted by atomic mass is 9.77. The van der Waals surface area contributed by atoms with Crippen molar-refractivity contribution in [1.82, 2.24) is 15.1 Å². The van der Waals surface area contributed by atoms with Crippen molar-refractivity contribution in [2.45, 2.75) is 51.4 Å². The quantitative estimate of drug-likeness (QED) is 0.491. The Kier molecular flexibility index (Phi) is 8.16. The van der Waals surface area contributed by atoms with Crippen LogP contribution in [0.1, 0.15) is 33.1 Å². The van der Waals surface area contributed by atoms with Crippen molar-refractivity contribution in [3.05, 3.63) is 53.3 Å². The number of carbonyl (C=O) groups is 3. The van der Waals surface area contributed by atoms with Gasteiger partial charge in [0.15, 0.2) is 6.61 Å². The fourth-order valence-electron chi connectivity index (χ4n) is 5.63. The van der Waals surface area contributed by atoms with Gasteiger partial charge >= 0.3 is 6.18 Å². The Morgan fingerprint density at radius 3 is 2.48 bits per heavy atom. The number of hydrogen-bond donors (Lipinski definition) is 2. The third kappa shape index (κ3) is 5.38. The largest absolute Gasteiger partial charge is 0.485 e. The van der Waals surface area contributed by atoms with Gasteiger partial charge in [0.2, 0.25) is 11.8 Å². The molecule has 4 rings (SSSR count). The summed E-state index contributed by atoms with van der Waals surface area (Å²) in [5.41, 5.74) is -1.22. The molecule has 2 unspecified atom stereocenters. The van der Waals surface area contributed by atoms with Crippen molar-refractivity contribution in [1.29, 1.82) is 0 Å². The molecule has 0 saturated carbocycles. The molecule has 1 aromatic rings. The maximum Gasteiger partial charge on any atom is 0.422 e. The number of rotatable bonds is 7. The Hall–Kier alpha value is -3.61. The van der Waals surface area contributed by atoms with Crippen LogP contribution in [0, 0.1) is 11.2 Å². The van der Waals surface area contributed by atoms with Gasteiger partial charge in [-0.3, -0.25) is 19.3 Å². The number of piperidine rings is 1. The highest BCUT2D eigenvalue weighted by Gasteiger charge is 2.60. The molecular formula is C27H32F4N4O5. The molecule has 2 atom stereocenters. The number of aliphatic hydroxyl groups excluding tert-OH is 1. The van der Waals surface area contributed by atoms with Crippen molar-refractivity contribution in [2.75, 3.05) is 38.3 Å². The van der Waals surface area contributed by atoms with Crippen LogP contribution in [-0.4, -0.2) is 84.2 Å². The molecule has 1 aromatic carbocycles. The zero-order valence-electron chi connectivity index (χ0n) is 22.4. The van der Waals surface area contributed by atoms with E-state index in [1.165, 1.54) is 46.9 Å². The molecule has 0 bridgehead atoms. The van der Waals surface area contributed by atoms with E-state index in [4.69, 9.17) is 9.84 Å². The highest BCUT2D eigenvalue weighted by atomic mass is 19.4. The standard InChI is InChI=1S/C27H32F4N4O5/c1-4-18-13-20-26(2,25(39)35(18)19-7-5-6-16(28)12-19)23(40-15-27(29,30)31)22(33(20)3)24(38)32-17-8-10-34(11-9-17)21(37)14-36/h5-7,12-13,17,20,36H,4,8-11,14-15H2,1-3H3,(H,32,38). The van der Waals surface area contributed by atoms with Crippen LogP contribution in [-0.2, 0) is 19.1 Å². The number of ether oxygens (including phenoxy) is 1. The summed E-state index contributed by atoms with van der Waals surface area (Å²) in [5, 5.41) is 11.9. The van der Waals surface area contributed by atoms with E-state index >= 15 is 0 Å². The summed E-state index contributed by atoms with van der Waals surface area (Å²) < 4.78 is 59.3. The molecular weight excluding hydrogens is 536 g/mol. The zero-order valence-corrected chi connectivity index (χ0v) is 22.4. The number of anilines is 1. The number of fused-ring (bicyclic) bond motifs is 1. The van der Waals surface area contributed by atoms with Crippen molar-refractivity contribution < 1.29 is 41.8 Å². The monoisotopic (exact) mass is 568 g/mol. The summed E-state index contributed by atoms with van der Waals surface area (Å²) in [6.07, 6.45) is -1.94. The van der Waals surface area contributed by atoms with Crippen LogP contribution in [0.25, 0.3) is 0 Å². The number of amides is 3. The van der Waals surface area contributed by atoms with Crippen LogP contribution in [0.4, 0.5) is 23.2 Å². The van der Waals surface area contributed by atoms with Crippen LogP contribution in [0.5, 0.6) is 0 Å². The predicted molar refractivity (Wildman–Crippen MR) is 136 cm³/mol. The van der Waals surface area contributed by atoms with Crippen LogP contribution >= 0.6 is 0 Å². The second kappa shape index (κ2) is 11.1. The summed E-state index contributed by atoms with van der Waals surface area (Å²) in [4.78, 5) is 43.6. The SMILES string of the molecule is CCC1=CC2N(C)C(C(=O)NC3CCN(C(=O)CO)CC3)=C(OCC(F)(F)F)C2(C)C(=O)N1c1cccc(F)c1. The molecule has 218 valence electrons. The first-order chi connectivity index (χ1) is 18.8. The van der Waals surface area contributed by atoms with Gasteiger partial charge in [-0.15, -0.1) is 0 Å². The smallest absolute Gasteiger partial charge is 0.422 e. The molecule has 0 aliphatic carbocycles. The van der Waals surface area contributed by atoms with Crippen molar-refractivity contribution in [2.24, 2.45) is 5.41 Å². The molecule has 2 N–H and O–H groups in total. The Labute approximate surface area is 229 Å². The minimum atomic E-state index is -4.74. The van der Waals surface area contributed by atoms with Gasteiger partial charge in [0.05, 0.1) is 11.7 Å². The number of alkyl halides is 3. The zero-order chi connectivity index (χ0) is 29.4. The van der Waals surface area contributed by atoms with Crippen LogP contribution in [0.15, 0.2) is 47.5 Å². The van der Waals surface area contributed by atoms with E-state index in [-0.39, 0.29) is 11.4 Å². The first-order valence-corrected chi connectivity index (χ1v) is 13.0. The number of hydrogen-bond acceptors (Lipinski definition) is 6. The third-order valence-electron chi connectivity index (χ3n) is 7.68. The Bertz CT molecular complexity index is 1240. The molecule has 0 aromatic heterocycles. The Morgan fingerprint density at radius 2 is 1.90 bits per heavy atom. The first kappa shape index (κ1) is 29.4. The van der Waals surface area contributed by atoms with Gasteiger partial charge in [0.1, 0.15) is 29.3 Å². The second-order valence-corrected chi connectivity index (χ2v) is 10.3. The van der Waals surface area contributed by atoms with E-state index in [1.807, 2.05) is 0 Å². The summed E-state index contributed by atoms with van der Waals surface area (Å²) in [7, 11) is 1.51. The summed E-state index contributed by atoms with van der Waals surface area (Å²) in [5.74, 6) is -2.79. The van der Waals surface area contributed by atoms with E-state index in [9.17, 15) is 31.9 Å². The number of nitrogens with one attached hydrogen (secondary N) is 1. The number of carbonyl (C=O) groups excluding carboxylic acids is 3. The highest BCUT2D eigenvalue weighted by molar-refractivity contribution is 6.06. The number of aliphatic hydroxyl groups is 1. The predicted octanol–water partition coefficient (Wildman–Crippen LogP) is 2.68. The van der Waals surface area contributed by atoms with E-state index in [1.54, 1.807) is 13.0 Å². The van der Waals surface area contributed by atoms with Gasteiger partial charge in [-0.1, -0.05) is 13.0 Å². The van der Waals surface area contributed by atoms with Crippen LogP contribution in [0.3, 0.4) is 0 Å². The van der Waals surface area contributed by atoms with Crippen molar-refractivity contribution in [3.63, 3.8) is 0 Å². The minimum Gasteiger partial charge on any atom is -0.485 e. The lowest BCUT2D eigenvalue weighted by molar-refractivity contribution is -0.170. The molecule has 1 fully saturated rings. The molecule has 3 aliphatic rings. The maximum absolute atomic E-state index is 14.1. The number of benzene rings is 1. The molecule has 9 nitrogen and oxygen atoms in total. The van der Waals surface area contributed by atoms with Gasteiger partial charge in [-0.25, -0.2) is 4.39 Å². The van der Waals surface area contributed by atoms with E-state index in [0.29, 0.717) is 38.0 Å². The van der Waals surface area contributed by atoms with Gasteiger partial charge in [-0.2, -0.15) is 13.2 Å². The minimum absolute atomic E-state index is 0.202. The lowest BCUT2D eigenvalue weighted by Gasteiger charge is -2.43. The third-order valence-corrected chi connectivity index (χ3v) is 7.68. The van der Waals surface area contributed by atoms with Crippen molar-refractivity contribution in [3.8, 4) is 0 Å². The number of allylic oxidation sites excluding steroid dienone is 1. The van der Waals surface area contributed by atoms with E-state index in [2.05, 4.69) is 5.32 Å². The number of halogens is 4. The topological polar surface area (TPSA) is 102 Å². The molecule has 3 heterocycles. The molecule has 3 amide bonds. The Morgan fingerprint density at radius 1 is 1.23 bits per heavy atom. The molecule has 13 heteroatoms. The maximum atomic E-state index is 14.1. The molecule has 3 aliphatic heterocycles. The van der Waals surface area contributed by atoms with Crippen LogP contribution in [0.2, 0.25) is 0 Å². The molecule has 1 saturated heterocycles. The van der Waals surface area contributed by atoms with E-state index < -0.39 is 66.2 Å². The van der Waals surface area contributed by atoms with Gasteiger partial charge in [0.25, 0.3) is 5.91 Å². The van der Waals surface area contributed by atoms with Gasteiger partial charge < -0.3 is 25.0 Å². The van der Waals surface area contributed by atoms with Gasteiger partial charge in [0, 0.05) is 31.9 Å². The normalized spacial score (nSPS) is 23.8. The number of likely N-dealkylation sites (N-methyl/N-ethyl adjacent to an activating group) is 1. The average molecular weight is 569 g/mol.